The molecular formula is C22H30F2IN5. The van der Waals surface area contributed by atoms with Gasteiger partial charge in [0.15, 0.2) is 5.96 Å². The van der Waals surface area contributed by atoms with E-state index in [9.17, 15) is 8.78 Å². The molecule has 0 saturated carbocycles. The maximum absolute atomic E-state index is 14.0. The van der Waals surface area contributed by atoms with Crippen LogP contribution < -0.4 is 15.5 Å². The second-order valence-electron chi connectivity index (χ2n) is 7.65. The van der Waals surface area contributed by atoms with Crippen molar-refractivity contribution in [2.24, 2.45) is 4.99 Å². The van der Waals surface area contributed by atoms with Crippen molar-refractivity contribution in [3.05, 3.63) is 65.2 Å². The maximum Gasteiger partial charge on any atom is 0.191 e. The van der Waals surface area contributed by atoms with Gasteiger partial charge in [0.25, 0.3) is 0 Å². The molecule has 1 heterocycles. The molecule has 2 N–H and O–H groups in total. The van der Waals surface area contributed by atoms with Gasteiger partial charge in [-0.25, -0.2) is 8.78 Å². The predicted molar refractivity (Wildman–Crippen MR) is 130 cm³/mol. The number of anilines is 1. The van der Waals surface area contributed by atoms with Crippen LogP contribution in [0, 0.1) is 11.6 Å². The second kappa shape index (κ2) is 11.5. The quantitative estimate of drug-likeness (QED) is 0.341. The van der Waals surface area contributed by atoms with Crippen LogP contribution in [-0.4, -0.2) is 51.1 Å². The molecule has 0 bridgehead atoms. The van der Waals surface area contributed by atoms with Crippen molar-refractivity contribution in [2.45, 2.75) is 25.6 Å². The molecule has 3 rings (SSSR count). The molecule has 0 amide bonds. The lowest BCUT2D eigenvalue weighted by atomic mass is 10.1. The predicted octanol–water partition coefficient (Wildman–Crippen LogP) is 3.59. The van der Waals surface area contributed by atoms with Crippen molar-refractivity contribution in [1.82, 2.24) is 15.5 Å². The number of nitrogens with one attached hydrogen (secondary N) is 2. The molecule has 0 aromatic heterocycles. The molecular weight excluding hydrogens is 499 g/mol. The highest BCUT2D eigenvalue weighted by atomic mass is 127. The number of benzene rings is 2. The van der Waals surface area contributed by atoms with Gasteiger partial charge in [0.2, 0.25) is 0 Å². The Kier molecular flexibility index (Phi) is 9.29. The normalized spacial score (nSPS) is 16.5. The first-order valence-electron chi connectivity index (χ1n) is 9.84. The van der Waals surface area contributed by atoms with Crippen molar-refractivity contribution in [3.8, 4) is 0 Å². The molecule has 1 aliphatic rings. The summed E-state index contributed by atoms with van der Waals surface area (Å²) in [7, 11) is 5.85. The van der Waals surface area contributed by atoms with Gasteiger partial charge in [-0.05, 0) is 43.8 Å². The number of nitrogens with zero attached hydrogens (tertiary/aromatic N) is 3. The fourth-order valence-corrected chi connectivity index (χ4v) is 3.54. The molecule has 8 heteroatoms. The van der Waals surface area contributed by atoms with Crippen LogP contribution in [0.3, 0.4) is 0 Å². The Morgan fingerprint density at radius 3 is 2.47 bits per heavy atom. The Labute approximate surface area is 194 Å². The molecule has 0 aliphatic carbocycles. The van der Waals surface area contributed by atoms with Gasteiger partial charge in [0.1, 0.15) is 11.6 Å². The van der Waals surface area contributed by atoms with Gasteiger partial charge in [-0.15, -0.1) is 24.0 Å². The summed E-state index contributed by atoms with van der Waals surface area (Å²) in [6, 6.07) is 12.4. The van der Waals surface area contributed by atoms with E-state index in [2.05, 4.69) is 58.9 Å². The molecule has 2 aromatic carbocycles. The first kappa shape index (κ1) is 24.3. The molecule has 0 spiro atoms. The van der Waals surface area contributed by atoms with Crippen molar-refractivity contribution in [3.63, 3.8) is 0 Å². The molecule has 0 radical (unpaired) electrons. The lowest BCUT2D eigenvalue weighted by molar-refractivity contribution is 0.402. The van der Waals surface area contributed by atoms with Crippen LogP contribution in [0.4, 0.5) is 14.5 Å². The zero-order valence-corrected chi connectivity index (χ0v) is 20.0. The highest BCUT2D eigenvalue weighted by molar-refractivity contribution is 14.0. The maximum atomic E-state index is 14.0. The summed E-state index contributed by atoms with van der Waals surface area (Å²) in [6.45, 7) is 2.95. The first-order valence-corrected chi connectivity index (χ1v) is 9.84. The topological polar surface area (TPSA) is 42.9 Å². The Morgan fingerprint density at radius 2 is 1.83 bits per heavy atom. The molecule has 1 unspecified atom stereocenters. The Hall–Kier alpha value is -1.94. The van der Waals surface area contributed by atoms with Crippen molar-refractivity contribution in [2.75, 3.05) is 39.1 Å². The summed E-state index contributed by atoms with van der Waals surface area (Å²) < 4.78 is 27.2. The smallest absolute Gasteiger partial charge is 0.191 e. The molecule has 1 atom stereocenters. The van der Waals surface area contributed by atoms with Crippen LogP contribution in [-0.2, 0) is 13.1 Å². The Balaban J connectivity index is 0.00000320. The van der Waals surface area contributed by atoms with Gasteiger partial charge in [0, 0.05) is 45.3 Å². The number of hydrogen-bond donors (Lipinski definition) is 2. The molecule has 30 heavy (non-hydrogen) atoms. The molecule has 1 fully saturated rings. The summed E-state index contributed by atoms with van der Waals surface area (Å²) in [5, 5.41) is 6.73. The van der Waals surface area contributed by atoms with Crippen LogP contribution in [0.15, 0.2) is 47.5 Å². The van der Waals surface area contributed by atoms with E-state index in [1.165, 1.54) is 23.3 Å². The van der Waals surface area contributed by atoms with Crippen LogP contribution >= 0.6 is 24.0 Å². The average molecular weight is 529 g/mol. The van der Waals surface area contributed by atoms with Crippen molar-refractivity contribution < 1.29 is 8.78 Å². The number of hydrogen-bond acceptors (Lipinski definition) is 3. The van der Waals surface area contributed by atoms with E-state index >= 15 is 0 Å². The molecule has 5 nitrogen and oxygen atoms in total. The molecule has 1 aliphatic heterocycles. The standard InChI is InChI=1S/C22H29F2N5.HI/c1-25-22(26-13-16-4-6-17(7-5-16)14-28(2)3)27-19-10-11-29(15-19)21-9-8-18(23)12-20(21)24;/h4-9,12,19H,10-11,13-15H2,1-3H3,(H2,25,26,27);1H. The van der Waals surface area contributed by atoms with Gasteiger partial charge in [-0.3, -0.25) is 4.99 Å². The van der Waals surface area contributed by atoms with Gasteiger partial charge in [-0.2, -0.15) is 0 Å². The van der Waals surface area contributed by atoms with Gasteiger partial charge in [0.05, 0.1) is 5.69 Å². The first-order chi connectivity index (χ1) is 13.9. The summed E-state index contributed by atoms with van der Waals surface area (Å²) in [6.07, 6.45) is 0.858. The van der Waals surface area contributed by atoms with E-state index in [4.69, 9.17) is 0 Å². The highest BCUT2D eigenvalue weighted by Gasteiger charge is 2.25. The zero-order chi connectivity index (χ0) is 20.8. The number of rotatable bonds is 6. The van der Waals surface area contributed by atoms with E-state index in [0.717, 1.165) is 19.0 Å². The van der Waals surface area contributed by atoms with E-state index in [-0.39, 0.29) is 30.0 Å². The fourth-order valence-electron chi connectivity index (χ4n) is 3.54. The molecule has 2 aromatic rings. The van der Waals surface area contributed by atoms with Crippen LogP contribution in [0.2, 0.25) is 0 Å². The van der Waals surface area contributed by atoms with E-state index < -0.39 is 11.6 Å². The number of halogens is 3. The van der Waals surface area contributed by atoms with Gasteiger partial charge in [-0.1, -0.05) is 24.3 Å². The average Bonchev–Trinajstić information content (AvgIpc) is 3.14. The lowest BCUT2D eigenvalue weighted by Crippen LogP contribution is -2.44. The molecule has 1 saturated heterocycles. The van der Waals surface area contributed by atoms with Crippen LogP contribution in [0.1, 0.15) is 17.5 Å². The second-order valence-corrected chi connectivity index (χ2v) is 7.65. The Morgan fingerprint density at radius 1 is 1.13 bits per heavy atom. The van der Waals surface area contributed by atoms with Crippen LogP contribution in [0.5, 0.6) is 0 Å². The fraction of sp³-hybridized carbons (Fsp3) is 0.409. The monoisotopic (exact) mass is 529 g/mol. The largest absolute Gasteiger partial charge is 0.367 e. The number of guanidine groups is 1. The zero-order valence-electron chi connectivity index (χ0n) is 17.7. The van der Waals surface area contributed by atoms with E-state index in [0.29, 0.717) is 31.3 Å². The minimum absolute atomic E-state index is 0. The SMILES string of the molecule is CN=C(NCc1ccc(CN(C)C)cc1)NC1CCN(c2ccc(F)cc2F)C1.I. The minimum atomic E-state index is -0.556. The van der Waals surface area contributed by atoms with E-state index in [1.807, 2.05) is 4.90 Å². The number of aliphatic imine (C=N–C) groups is 1. The highest BCUT2D eigenvalue weighted by Crippen LogP contribution is 2.24. The van der Waals surface area contributed by atoms with Gasteiger partial charge >= 0.3 is 0 Å². The molecule has 164 valence electrons. The summed E-state index contributed by atoms with van der Waals surface area (Å²) in [5.41, 5.74) is 2.90. The van der Waals surface area contributed by atoms with Crippen molar-refractivity contribution >= 4 is 35.6 Å². The minimum Gasteiger partial charge on any atom is -0.367 e. The summed E-state index contributed by atoms with van der Waals surface area (Å²) >= 11 is 0. The third-order valence-electron chi connectivity index (χ3n) is 4.98. The van der Waals surface area contributed by atoms with E-state index in [1.54, 1.807) is 7.05 Å². The van der Waals surface area contributed by atoms with Crippen LogP contribution in [0.25, 0.3) is 0 Å². The summed E-state index contributed by atoms with van der Waals surface area (Å²) in [5.74, 6) is -0.362. The third-order valence-corrected chi connectivity index (χ3v) is 4.98. The summed E-state index contributed by atoms with van der Waals surface area (Å²) in [4.78, 5) is 8.37. The Bertz CT molecular complexity index is 842. The third kappa shape index (κ3) is 6.80. The van der Waals surface area contributed by atoms with Gasteiger partial charge < -0.3 is 20.4 Å². The lowest BCUT2D eigenvalue weighted by Gasteiger charge is -2.21. The van der Waals surface area contributed by atoms with Crippen molar-refractivity contribution in [1.29, 1.82) is 0 Å².